The molecule has 0 unspecified atom stereocenters. The number of hydrogen-bond acceptors (Lipinski definition) is 4. The number of nitrogens with zero attached hydrogens (tertiary/aromatic N) is 2. The van der Waals surface area contributed by atoms with Crippen molar-refractivity contribution in [3.8, 4) is 0 Å². The van der Waals surface area contributed by atoms with Crippen LogP contribution in [-0.2, 0) is 21.4 Å². The van der Waals surface area contributed by atoms with Crippen LogP contribution in [-0.4, -0.2) is 43.5 Å². The van der Waals surface area contributed by atoms with Crippen LogP contribution in [0.3, 0.4) is 0 Å². The van der Waals surface area contributed by atoms with E-state index in [-0.39, 0.29) is 12.5 Å². The summed E-state index contributed by atoms with van der Waals surface area (Å²) in [4.78, 5) is 15.3. The molecule has 1 rings (SSSR count). The molecule has 0 aliphatic carbocycles. The summed E-state index contributed by atoms with van der Waals surface area (Å²) in [6, 6.07) is 3.59. The highest BCUT2D eigenvalue weighted by atomic mass is 32.2. The van der Waals surface area contributed by atoms with E-state index in [1.165, 1.54) is 7.05 Å². The Morgan fingerprint density at radius 2 is 2.24 bits per heavy atom. The van der Waals surface area contributed by atoms with E-state index in [4.69, 9.17) is 0 Å². The molecular formula is C10H15N3O3S. The molecule has 0 saturated heterocycles. The molecule has 6 nitrogen and oxygen atoms in total. The van der Waals surface area contributed by atoms with Gasteiger partial charge in [-0.25, -0.2) is 8.42 Å². The molecular weight excluding hydrogens is 242 g/mol. The van der Waals surface area contributed by atoms with Crippen LogP contribution < -0.4 is 5.32 Å². The Bertz CT molecular complexity index is 473. The van der Waals surface area contributed by atoms with Crippen molar-refractivity contribution in [2.45, 2.75) is 6.54 Å². The van der Waals surface area contributed by atoms with Crippen molar-refractivity contribution in [3.05, 3.63) is 30.1 Å². The second-order valence-electron chi connectivity index (χ2n) is 3.66. The van der Waals surface area contributed by atoms with E-state index in [9.17, 15) is 13.2 Å². The summed E-state index contributed by atoms with van der Waals surface area (Å²) in [5.41, 5.74) is 0.864. The summed E-state index contributed by atoms with van der Waals surface area (Å²) in [5, 5.41) is 2.62. The molecule has 94 valence electrons. The molecule has 1 heterocycles. The zero-order chi connectivity index (χ0) is 12.9. The Morgan fingerprint density at radius 3 is 2.76 bits per heavy atom. The molecule has 0 bridgehead atoms. The smallest absolute Gasteiger partial charge is 0.235 e. The highest BCUT2D eigenvalue weighted by Crippen LogP contribution is 1.95. The normalized spacial score (nSPS) is 11.5. The Labute approximate surface area is 101 Å². The third-order valence-corrected chi connectivity index (χ3v) is 3.41. The van der Waals surface area contributed by atoms with Crippen LogP contribution in [0.5, 0.6) is 0 Å². The van der Waals surface area contributed by atoms with Crippen molar-refractivity contribution >= 4 is 15.9 Å². The fourth-order valence-corrected chi connectivity index (χ4v) is 1.43. The van der Waals surface area contributed by atoms with Crippen molar-refractivity contribution < 1.29 is 13.2 Å². The quantitative estimate of drug-likeness (QED) is 0.777. The van der Waals surface area contributed by atoms with Crippen LogP contribution in [0, 0.1) is 0 Å². The van der Waals surface area contributed by atoms with Gasteiger partial charge in [-0.15, -0.1) is 0 Å². The predicted molar refractivity (Wildman–Crippen MR) is 63.6 cm³/mol. The Balaban J connectivity index is 2.41. The van der Waals surface area contributed by atoms with Gasteiger partial charge in [-0.05, 0) is 11.6 Å². The van der Waals surface area contributed by atoms with Crippen LogP contribution in [0.15, 0.2) is 24.5 Å². The molecule has 1 aromatic rings. The monoisotopic (exact) mass is 257 g/mol. The maximum atomic E-state index is 11.4. The standard InChI is InChI=1S/C10H15N3O3S/c1-13(17(2,15)16)8-10(14)12-7-9-4-3-5-11-6-9/h3-6H,7-8H2,1-2H3,(H,12,14). The van der Waals surface area contributed by atoms with E-state index >= 15 is 0 Å². The van der Waals surface area contributed by atoms with Gasteiger partial charge in [0.1, 0.15) is 0 Å². The first-order valence-electron chi connectivity index (χ1n) is 4.96. The van der Waals surface area contributed by atoms with Crippen molar-refractivity contribution in [1.82, 2.24) is 14.6 Å². The highest BCUT2D eigenvalue weighted by molar-refractivity contribution is 7.88. The maximum Gasteiger partial charge on any atom is 0.235 e. The minimum atomic E-state index is -3.32. The summed E-state index contributed by atoms with van der Waals surface area (Å²) < 4.78 is 23.1. The van der Waals surface area contributed by atoms with Crippen LogP contribution in [0.2, 0.25) is 0 Å². The molecule has 1 N–H and O–H groups in total. The number of aromatic nitrogens is 1. The number of nitrogens with one attached hydrogen (secondary N) is 1. The van der Waals surface area contributed by atoms with Gasteiger partial charge in [0, 0.05) is 26.0 Å². The van der Waals surface area contributed by atoms with Crippen molar-refractivity contribution in [2.75, 3.05) is 19.8 Å². The fourth-order valence-electron chi connectivity index (χ4n) is 1.08. The average Bonchev–Trinajstić information content (AvgIpc) is 2.26. The second kappa shape index (κ2) is 5.74. The van der Waals surface area contributed by atoms with E-state index in [1.807, 2.05) is 6.07 Å². The van der Waals surface area contributed by atoms with E-state index in [0.29, 0.717) is 6.54 Å². The van der Waals surface area contributed by atoms with E-state index in [0.717, 1.165) is 16.1 Å². The van der Waals surface area contributed by atoms with Crippen LogP contribution in [0.1, 0.15) is 5.56 Å². The summed E-state index contributed by atoms with van der Waals surface area (Å²) >= 11 is 0. The lowest BCUT2D eigenvalue weighted by atomic mass is 10.3. The fraction of sp³-hybridized carbons (Fsp3) is 0.400. The number of amides is 1. The number of pyridine rings is 1. The molecule has 0 aliphatic heterocycles. The molecule has 0 radical (unpaired) electrons. The lowest BCUT2D eigenvalue weighted by Crippen LogP contribution is -2.37. The maximum absolute atomic E-state index is 11.4. The number of hydrogen-bond donors (Lipinski definition) is 1. The minimum Gasteiger partial charge on any atom is -0.351 e. The molecule has 0 saturated carbocycles. The molecule has 7 heteroatoms. The van der Waals surface area contributed by atoms with Gasteiger partial charge in [0.25, 0.3) is 0 Å². The molecule has 0 atom stereocenters. The number of rotatable bonds is 5. The summed E-state index contributed by atoms with van der Waals surface area (Å²) in [6.45, 7) is 0.156. The topological polar surface area (TPSA) is 79.4 Å². The zero-order valence-corrected chi connectivity index (χ0v) is 10.6. The molecule has 1 aromatic heterocycles. The third-order valence-electron chi connectivity index (χ3n) is 2.14. The summed E-state index contributed by atoms with van der Waals surface area (Å²) in [6.07, 6.45) is 4.34. The average molecular weight is 257 g/mol. The lowest BCUT2D eigenvalue weighted by Gasteiger charge is -2.13. The van der Waals surface area contributed by atoms with E-state index < -0.39 is 10.0 Å². The van der Waals surface area contributed by atoms with Gasteiger partial charge in [-0.2, -0.15) is 4.31 Å². The lowest BCUT2D eigenvalue weighted by molar-refractivity contribution is -0.121. The van der Waals surface area contributed by atoms with E-state index in [2.05, 4.69) is 10.3 Å². The number of carbonyl (C=O) groups is 1. The van der Waals surface area contributed by atoms with Gasteiger partial charge in [0.15, 0.2) is 0 Å². The number of carbonyl (C=O) groups excluding carboxylic acids is 1. The minimum absolute atomic E-state index is 0.181. The molecule has 0 spiro atoms. The first kappa shape index (κ1) is 13.6. The van der Waals surface area contributed by atoms with E-state index in [1.54, 1.807) is 18.5 Å². The Morgan fingerprint density at radius 1 is 1.53 bits per heavy atom. The van der Waals surface area contributed by atoms with Crippen molar-refractivity contribution in [3.63, 3.8) is 0 Å². The number of likely N-dealkylation sites (N-methyl/N-ethyl adjacent to an activating group) is 1. The van der Waals surface area contributed by atoms with Crippen molar-refractivity contribution in [2.24, 2.45) is 0 Å². The zero-order valence-electron chi connectivity index (χ0n) is 9.75. The highest BCUT2D eigenvalue weighted by Gasteiger charge is 2.14. The predicted octanol–water partition coefficient (Wildman–Crippen LogP) is -0.411. The largest absolute Gasteiger partial charge is 0.351 e. The molecule has 1 amide bonds. The van der Waals surface area contributed by atoms with Gasteiger partial charge in [-0.1, -0.05) is 6.07 Å². The Kier molecular flexibility index (Phi) is 4.59. The first-order valence-corrected chi connectivity index (χ1v) is 6.81. The van der Waals surface area contributed by atoms with Crippen LogP contribution in [0.4, 0.5) is 0 Å². The molecule has 0 aliphatic rings. The van der Waals surface area contributed by atoms with Gasteiger partial charge in [-0.3, -0.25) is 9.78 Å². The number of sulfonamides is 1. The van der Waals surface area contributed by atoms with Crippen LogP contribution in [0.25, 0.3) is 0 Å². The van der Waals surface area contributed by atoms with Gasteiger partial charge in [0.2, 0.25) is 15.9 Å². The van der Waals surface area contributed by atoms with Gasteiger partial charge < -0.3 is 5.32 Å². The SMILES string of the molecule is CN(CC(=O)NCc1cccnc1)S(C)(=O)=O. The van der Waals surface area contributed by atoms with Gasteiger partial charge >= 0.3 is 0 Å². The third kappa shape index (κ3) is 4.92. The van der Waals surface area contributed by atoms with Gasteiger partial charge in [0.05, 0.1) is 12.8 Å². The first-order chi connectivity index (χ1) is 7.89. The van der Waals surface area contributed by atoms with Crippen LogP contribution >= 0.6 is 0 Å². The molecule has 0 fully saturated rings. The summed E-state index contributed by atoms with van der Waals surface area (Å²) in [7, 11) is -1.96. The Hall–Kier alpha value is -1.47. The summed E-state index contributed by atoms with van der Waals surface area (Å²) in [5.74, 6) is -0.346. The molecule has 17 heavy (non-hydrogen) atoms. The van der Waals surface area contributed by atoms with Crippen molar-refractivity contribution in [1.29, 1.82) is 0 Å². The molecule has 0 aromatic carbocycles. The second-order valence-corrected chi connectivity index (χ2v) is 5.75.